The van der Waals surface area contributed by atoms with Crippen LogP contribution in [-0.4, -0.2) is 25.2 Å². The van der Waals surface area contributed by atoms with Crippen molar-refractivity contribution in [2.75, 3.05) is 5.75 Å². The predicted molar refractivity (Wildman–Crippen MR) is 58.7 cm³/mol. The van der Waals surface area contributed by atoms with Crippen LogP contribution in [0.2, 0.25) is 0 Å². The molecule has 16 heavy (non-hydrogen) atoms. The van der Waals surface area contributed by atoms with Crippen molar-refractivity contribution in [2.45, 2.75) is 11.3 Å². The Morgan fingerprint density at radius 2 is 1.88 bits per heavy atom. The molecular weight excluding hydrogens is 228 g/mol. The number of rotatable bonds is 4. The first-order valence-electron chi connectivity index (χ1n) is 4.42. The van der Waals surface area contributed by atoms with Gasteiger partial charge in [0.2, 0.25) is 0 Å². The second-order valence-corrected chi connectivity index (χ2v) is 5.17. The zero-order valence-corrected chi connectivity index (χ0v) is 9.20. The summed E-state index contributed by atoms with van der Waals surface area (Å²) in [5.74, 6) is 0.756. The molecule has 0 amide bonds. The Balaban J connectivity index is 2.96. The van der Waals surface area contributed by atoms with E-state index in [1.54, 1.807) is 0 Å². The highest BCUT2D eigenvalue weighted by Crippen LogP contribution is 2.12. The van der Waals surface area contributed by atoms with E-state index >= 15 is 0 Å². The molecular formula is C11H10O4S. The Labute approximate surface area is 93.8 Å². The maximum absolute atomic E-state index is 11.5. The lowest BCUT2D eigenvalue weighted by Gasteiger charge is -2.01. The van der Waals surface area contributed by atoms with E-state index in [4.69, 9.17) is 11.5 Å². The summed E-state index contributed by atoms with van der Waals surface area (Å²) in [4.78, 5) is 10.5. The maximum atomic E-state index is 11.5. The Hall–Kier alpha value is -1.80. The van der Waals surface area contributed by atoms with Gasteiger partial charge < -0.3 is 5.11 Å². The molecule has 84 valence electrons. The number of carboxylic acids is 1. The molecule has 0 spiro atoms. The minimum Gasteiger partial charge on any atom is -0.481 e. The zero-order chi connectivity index (χ0) is 12.2. The van der Waals surface area contributed by atoms with Crippen LogP contribution in [0, 0.1) is 12.3 Å². The summed E-state index contributed by atoms with van der Waals surface area (Å²) in [6.45, 7) is 0. The first kappa shape index (κ1) is 12.3. The number of carboxylic acid groups (broad SMARTS) is 1. The van der Waals surface area contributed by atoms with Crippen LogP contribution in [0.15, 0.2) is 29.2 Å². The minimum atomic E-state index is -3.44. The van der Waals surface area contributed by atoms with Crippen LogP contribution in [0.3, 0.4) is 0 Å². The molecule has 0 aliphatic rings. The standard InChI is InChI=1S/C11H10O4S/c1-2-7-16(14,15)10-5-3-9(4-6-10)8-11(12)13/h1,3-6H,7-8H2,(H,12,13). The molecule has 0 radical (unpaired) electrons. The van der Waals surface area contributed by atoms with Gasteiger partial charge in [-0.05, 0) is 17.7 Å². The van der Waals surface area contributed by atoms with Crippen molar-refractivity contribution in [2.24, 2.45) is 0 Å². The summed E-state index contributed by atoms with van der Waals surface area (Å²) in [5, 5.41) is 8.54. The number of aliphatic carboxylic acids is 1. The van der Waals surface area contributed by atoms with Gasteiger partial charge in [-0.15, -0.1) is 6.42 Å². The van der Waals surface area contributed by atoms with Crippen molar-refractivity contribution in [1.29, 1.82) is 0 Å². The van der Waals surface area contributed by atoms with Crippen LogP contribution in [-0.2, 0) is 21.1 Å². The maximum Gasteiger partial charge on any atom is 0.307 e. The summed E-state index contributed by atoms with van der Waals surface area (Å²) in [5.41, 5.74) is 0.548. The van der Waals surface area contributed by atoms with E-state index in [9.17, 15) is 13.2 Å². The fourth-order valence-electron chi connectivity index (χ4n) is 1.18. The average Bonchev–Trinajstić information content (AvgIpc) is 2.17. The summed E-state index contributed by atoms with van der Waals surface area (Å²) in [6, 6.07) is 5.67. The third kappa shape index (κ3) is 3.11. The molecule has 0 atom stereocenters. The van der Waals surface area contributed by atoms with Gasteiger partial charge in [0.1, 0.15) is 5.75 Å². The van der Waals surface area contributed by atoms with E-state index in [1.807, 2.05) is 0 Å². The van der Waals surface area contributed by atoms with Crippen LogP contribution < -0.4 is 0 Å². The largest absolute Gasteiger partial charge is 0.481 e. The second-order valence-electron chi connectivity index (χ2n) is 3.18. The van der Waals surface area contributed by atoms with Crippen LogP contribution >= 0.6 is 0 Å². The normalized spacial score (nSPS) is 10.7. The van der Waals surface area contributed by atoms with E-state index in [2.05, 4.69) is 5.92 Å². The molecule has 1 aromatic rings. The average molecular weight is 238 g/mol. The van der Waals surface area contributed by atoms with Gasteiger partial charge in [-0.3, -0.25) is 4.79 Å². The molecule has 0 saturated carbocycles. The predicted octanol–water partition coefficient (Wildman–Crippen LogP) is 0.721. The summed E-state index contributed by atoms with van der Waals surface area (Å²) >= 11 is 0. The van der Waals surface area contributed by atoms with Crippen LogP contribution in [0.5, 0.6) is 0 Å². The van der Waals surface area contributed by atoms with Gasteiger partial charge in [0.25, 0.3) is 0 Å². The summed E-state index contributed by atoms with van der Waals surface area (Å²) in [7, 11) is -3.44. The summed E-state index contributed by atoms with van der Waals surface area (Å²) < 4.78 is 23.0. The van der Waals surface area contributed by atoms with Crippen LogP contribution in [0.25, 0.3) is 0 Å². The van der Waals surface area contributed by atoms with E-state index < -0.39 is 15.8 Å². The third-order valence-corrected chi connectivity index (χ3v) is 3.45. The summed E-state index contributed by atoms with van der Waals surface area (Å²) in [6.07, 6.45) is 4.81. The van der Waals surface area contributed by atoms with Gasteiger partial charge in [-0.2, -0.15) is 0 Å². The highest BCUT2D eigenvalue weighted by molar-refractivity contribution is 7.91. The molecule has 1 N–H and O–H groups in total. The van der Waals surface area contributed by atoms with Crippen molar-refractivity contribution in [3.8, 4) is 12.3 Å². The Bertz CT molecular complexity index is 520. The quantitative estimate of drug-likeness (QED) is 0.784. The molecule has 0 aliphatic carbocycles. The lowest BCUT2D eigenvalue weighted by Crippen LogP contribution is -2.05. The van der Waals surface area contributed by atoms with Crippen molar-refractivity contribution in [3.05, 3.63) is 29.8 Å². The highest BCUT2D eigenvalue weighted by atomic mass is 32.2. The van der Waals surface area contributed by atoms with Gasteiger partial charge in [0.05, 0.1) is 11.3 Å². The molecule has 1 rings (SSSR count). The molecule has 0 saturated heterocycles. The smallest absolute Gasteiger partial charge is 0.307 e. The number of hydrogen-bond acceptors (Lipinski definition) is 3. The number of hydrogen-bond donors (Lipinski definition) is 1. The zero-order valence-electron chi connectivity index (χ0n) is 8.38. The SMILES string of the molecule is C#CCS(=O)(=O)c1ccc(CC(=O)O)cc1. The monoisotopic (exact) mass is 238 g/mol. The van der Waals surface area contributed by atoms with E-state index in [1.165, 1.54) is 24.3 Å². The highest BCUT2D eigenvalue weighted by Gasteiger charge is 2.12. The fraction of sp³-hybridized carbons (Fsp3) is 0.182. The Morgan fingerprint density at radius 3 is 2.31 bits per heavy atom. The lowest BCUT2D eigenvalue weighted by atomic mass is 10.2. The van der Waals surface area contributed by atoms with Gasteiger partial charge >= 0.3 is 5.97 Å². The molecule has 0 heterocycles. The Kier molecular flexibility index (Phi) is 3.69. The molecule has 0 bridgehead atoms. The molecule has 1 aromatic carbocycles. The van der Waals surface area contributed by atoms with E-state index in [-0.39, 0.29) is 17.1 Å². The number of terminal acetylenes is 1. The first-order chi connectivity index (χ1) is 7.45. The van der Waals surface area contributed by atoms with Crippen LogP contribution in [0.4, 0.5) is 0 Å². The Morgan fingerprint density at radius 1 is 1.31 bits per heavy atom. The van der Waals surface area contributed by atoms with Gasteiger partial charge in [0, 0.05) is 0 Å². The van der Waals surface area contributed by atoms with Crippen molar-refractivity contribution < 1.29 is 18.3 Å². The number of sulfone groups is 1. The molecule has 5 heteroatoms. The molecule has 0 fully saturated rings. The van der Waals surface area contributed by atoms with Gasteiger partial charge in [-0.1, -0.05) is 18.1 Å². The second kappa shape index (κ2) is 4.81. The minimum absolute atomic E-state index is 0.111. The molecule has 4 nitrogen and oxygen atoms in total. The topological polar surface area (TPSA) is 71.4 Å². The van der Waals surface area contributed by atoms with Crippen molar-refractivity contribution >= 4 is 15.8 Å². The van der Waals surface area contributed by atoms with Gasteiger partial charge in [-0.25, -0.2) is 8.42 Å². The van der Waals surface area contributed by atoms with Crippen molar-refractivity contribution in [3.63, 3.8) is 0 Å². The van der Waals surface area contributed by atoms with E-state index in [0.717, 1.165) is 0 Å². The number of carbonyl (C=O) groups is 1. The molecule has 0 unspecified atom stereocenters. The fourth-order valence-corrected chi connectivity index (χ4v) is 2.12. The first-order valence-corrected chi connectivity index (χ1v) is 6.08. The van der Waals surface area contributed by atoms with Crippen molar-refractivity contribution in [1.82, 2.24) is 0 Å². The van der Waals surface area contributed by atoms with Crippen LogP contribution in [0.1, 0.15) is 5.56 Å². The lowest BCUT2D eigenvalue weighted by molar-refractivity contribution is -0.136. The number of benzene rings is 1. The van der Waals surface area contributed by atoms with Gasteiger partial charge in [0.15, 0.2) is 9.84 Å². The molecule has 0 aromatic heterocycles. The third-order valence-electron chi connectivity index (χ3n) is 1.91. The van der Waals surface area contributed by atoms with E-state index in [0.29, 0.717) is 5.56 Å². The molecule has 0 aliphatic heterocycles.